The fourth-order valence-corrected chi connectivity index (χ4v) is 3.69. The Morgan fingerprint density at radius 2 is 1.85 bits per heavy atom. The van der Waals surface area contributed by atoms with Gasteiger partial charge < -0.3 is 9.84 Å². The minimum absolute atomic E-state index is 0.256. The van der Waals surface area contributed by atoms with Gasteiger partial charge in [0, 0.05) is 0 Å². The Morgan fingerprint density at radius 1 is 1.19 bits per heavy atom. The van der Waals surface area contributed by atoms with Crippen molar-refractivity contribution in [2.45, 2.75) is 13.5 Å². The predicted molar refractivity (Wildman–Crippen MR) is 109 cm³/mol. The summed E-state index contributed by atoms with van der Waals surface area (Å²) in [6, 6.07) is 15.5. The van der Waals surface area contributed by atoms with Gasteiger partial charge in [0.15, 0.2) is 0 Å². The molecule has 0 unspecified atom stereocenters. The van der Waals surface area contributed by atoms with Gasteiger partial charge >= 0.3 is 5.97 Å². The molecule has 1 aliphatic rings. The summed E-state index contributed by atoms with van der Waals surface area (Å²) in [5, 5.41) is 8.87. The molecule has 0 atom stereocenters. The van der Waals surface area contributed by atoms with Crippen LogP contribution in [0.15, 0.2) is 53.4 Å². The van der Waals surface area contributed by atoms with Gasteiger partial charge in [0.1, 0.15) is 23.2 Å². The average molecular weight is 399 g/mol. The largest absolute Gasteiger partial charge is 0.489 e. The fourth-order valence-electron chi connectivity index (χ4n) is 2.43. The van der Waals surface area contributed by atoms with Crippen molar-refractivity contribution >= 4 is 46.3 Å². The lowest BCUT2D eigenvalue weighted by molar-refractivity contribution is -0.140. The van der Waals surface area contributed by atoms with Crippen molar-refractivity contribution in [2.24, 2.45) is 0 Å². The maximum absolute atomic E-state index is 12.3. The zero-order valence-corrected chi connectivity index (χ0v) is 16.2. The number of carbonyl (C=O) groups is 2. The Labute approximate surface area is 166 Å². The van der Waals surface area contributed by atoms with Crippen LogP contribution >= 0.6 is 24.0 Å². The number of hydrogen-bond acceptors (Lipinski definition) is 5. The third-order valence-corrected chi connectivity index (χ3v) is 5.25. The summed E-state index contributed by atoms with van der Waals surface area (Å²) in [6.45, 7) is 2.10. The van der Waals surface area contributed by atoms with Crippen molar-refractivity contribution in [1.82, 2.24) is 4.90 Å². The number of thiocarbonyl (C=S) groups is 1. The van der Waals surface area contributed by atoms with E-state index in [-0.39, 0.29) is 10.2 Å². The second kappa shape index (κ2) is 8.37. The van der Waals surface area contributed by atoms with Gasteiger partial charge in [0.25, 0.3) is 5.91 Å². The molecule has 0 spiro atoms. The first-order valence-corrected chi connectivity index (χ1v) is 9.40. The van der Waals surface area contributed by atoms with E-state index >= 15 is 0 Å². The molecule has 138 valence electrons. The van der Waals surface area contributed by atoms with Crippen molar-refractivity contribution in [3.63, 3.8) is 0 Å². The molecule has 2 aromatic rings. The molecule has 0 radical (unpaired) electrons. The number of benzene rings is 2. The first-order chi connectivity index (χ1) is 12.9. The van der Waals surface area contributed by atoms with Gasteiger partial charge in [-0.05, 0) is 36.3 Å². The molecule has 0 bridgehead atoms. The van der Waals surface area contributed by atoms with Crippen LogP contribution in [0.4, 0.5) is 0 Å². The summed E-state index contributed by atoms with van der Waals surface area (Å²) in [5.74, 6) is -0.749. The van der Waals surface area contributed by atoms with Gasteiger partial charge in [-0.3, -0.25) is 14.5 Å². The first kappa shape index (κ1) is 19.1. The second-order valence-corrected chi connectivity index (χ2v) is 7.68. The lowest BCUT2D eigenvalue weighted by Gasteiger charge is -2.10. The molecular formula is C20H17NO4S2. The number of hydrogen-bond donors (Lipinski definition) is 1. The van der Waals surface area contributed by atoms with Crippen molar-refractivity contribution in [1.29, 1.82) is 0 Å². The third kappa shape index (κ3) is 4.96. The van der Waals surface area contributed by atoms with E-state index in [9.17, 15) is 9.59 Å². The molecular weight excluding hydrogens is 382 g/mol. The van der Waals surface area contributed by atoms with Crippen LogP contribution in [0.1, 0.15) is 16.7 Å². The molecule has 0 aliphatic carbocycles. The molecule has 1 aliphatic heterocycles. The van der Waals surface area contributed by atoms with E-state index in [0.717, 1.165) is 33.5 Å². The van der Waals surface area contributed by atoms with E-state index < -0.39 is 12.5 Å². The highest BCUT2D eigenvalue weighted by Crippen LogP contribution is 2.32. The summed E-state index contributed by atoms with van der Waals surface area (Å²) in [7, 11) is 0. The Morgan fingerprint density at radius 3 is 2.48 bits per heavy atom. The number of carboxylic acids is 1. The van der Waals surface area contributed by atoms with Crippen LogP contribution in [0.3, 0.4) is 0 Å². The Balaban J connectivity index is 1.64. The second-order valence-electron chi connectivity index (χ2n) is 6.00. The smallest absolute Gasteiger partial charge is 0.323 e. The molecule has 7 heteroatoms. The molecule has 1 N–H and O–H groups in total. The molecule has 1 saturated heterocycles. The van der Waals surface area contributed by atoms with Gasteiger partial charge in [-0.15, -0.1) is 0 Å². The highest BCUT2D eigenvalue weighted by atomic mass is 32.2. The predicted octanol–water partition coefficient (Wildman–Crippen LogP) is 3.86. The van der Waals surface area contributed by atoms with E-state index in [1.54, 1.807) is 6.08 Å². The summed E-state index contributed by atoms with van der Waals surface area (Å²) < 4.78 is 6.02. The van der Waals surface area contributed by atoms with Crippen LogP contribution in [-0.2, 0) is 16.2 Å². The number of aryl methyl sites for hydroxylation is 1. The maximum atomic E-state index is 12.3. The molecule has 5 nitrogen and oxygen atoms in total. The number of thioether (sulfide) groups is 1. The van der Waals surface area contributed by atoms with Crippen LogP contribution in [0.25, 0.3) is 6.08 Å². The number of aliphatic carboxylic acids is 1. The summed E-state index contributed by atoms with van der Waals surface area (Å²) >= 11 is 6.19. The van der Waals surface area contributed by atoms with Gasteiger partial charge in [-0.1, -0.05) is 65.9 Å². The minimum atomic E-state index is -1.09. The van der Waals surface area contributed by atoms with E-state index in [4.69, 9.17) is 22.1 Å². The molecule has 0 saturated carbocycles. The average Bonchev–Trinajstić information content (AvgIpc) is 2.89. The maximum Gasteiger partial charge on any atom is 0.323 e. The number of carbonyl (C=O) groups excluding carboxylic acids is 1. The van der Waals surface area contributed by atoms with Crippen LogP contribution in [0.5, 0.6) is 5.75 Å². The van der Waals surface area contributed by atoms with Gasteiger partial charge in [-0.2, -0.15) is 0 Å². The number of ether oxygens (including phenoxy) is 1. The van der Waals surface area contributed by atoms with Gasteiger partial charge in [0.2, 0.25) is 0 Å². The lowest BCUT2D eigenvalue weighted by Crippen LogP contribution is -2.33. The van der Waals surface area contributed by atoms with E-state index in [1.165, 1.54) is 5.56 Å². The fraction of sp³-hybridized carbons (Fsp3) is 0.150. The standard InChI is InChI=1S/C20H17NO4S2/c1-13-2-4-15(5-3-13)12-25-16-8-6-14(7-9-16)10-17-19(24)21(11-18(22)23)20(26)27-17/h2-10H,11-12H2,1H3,(H,22,23)/b17-10-. The van der Waals surface area contributed by atoms with E-state index in [0.29, 0.717) is 11.5 Å². The third-order valence-electron chi connectivity index (χ3n) is 3.87. The molecule has 0 aromatic heterocycles. The zero-order valence-electron chi connectivity index (χ0n) is 14.5. The topological polar surface area (TPSA) is 66.8 Å². The summed E-state index contributed by atoms with van der Waals surface area (Å²) in [4.78, 5) is 24.6. The normalized spacial score (nSPS) is 15.4. The molecule has 2 aromatic carbocycles. The summed E-state index contributed by atoms with van der Waals surface area (Å²) in [5.41, 5.74) is 3.11. The number of nitrogens with zero attached hydrogens (tertiary/aromatic N) is 1. The highest BCUT2D eigenvalue weighted by Gasteiger charge is 2.33. The van der Waals surface area contributed by atoms with Crippen molar-refractivity contribution in [3.8, 4) is 5.75 Å². The number of carboxylic acid groups (broad SMARTS) is 1. The van der Waals surface area contributed by atoms with Gasteiger partial charge in [0.05, 0.1) is 4.91 Å². The molecule has 1 amide bonds. The van der Waals surface area contributed by atoms with Gasteiger partial charge in [-0.25, -0.2) is 0 Å². The minimum Gasteiger partial charge on any atom is -0.489 e. The van der Waals surface area contributed by atoms with Crippen molar-refractivity contribution in [2.75, 3.05) is 6.54 Å². The van der Waals surface area contributed by atoms with Crippen LogP contribution in [0, 0.1) is 6.92 Å². The number of rotatable bonds is 6. The molecule has 27 heavy (non-hydrogen) atoms. The SMILES string of the molecule is Cc1ccc(COc2ccc(/C=C3\SC(=S)N(CC(=O)O)C3=O)cc2)cc1. The van der Waals surface area contributed by atoms with Crippen LogP contribution in [0.2, 0.25) is 0 Å². The quantitative estimate of drug-likeness (QED) is 0.588. The Bertz CT molecular complexity index is 905. The zero-order chi connectivity index (χ0) is 19.4. The van der Waals surface area contributed by atoms with E-state index in [2.05, 4.69) is 0 Å². The molecule has 1 heterocycles. The van der Waals surface area contributed by atoms with Crippen LogP contribution < -0.4 is 4.74 Å². The lowest BCUT2D eigenvalue weighted by atomic mass is 10.1. The Hall–Kier alpha value is -2.64. The highest BCUT2D eigenvalue weighted by molar-refractivity contribution is 8.26. The van der Waals surface area contributed by atoms with Crippen molar-refractivity contribution in [3.05, 3.63) is 70.1 Å². The Kier molecular flexibility index (Phi) is 5.93. The van der Waals surface area contributed by atoms with Crippen LogP contribution in [-0.4, -0.2) is 32.7 Å². The monoisotopic (exact) mass is 399 g/mol. The molecule has 1 fully saturated rings. The summed E-state index contributed by atoms with van der Waals surface area (Å²) in [6.07, 6.45) is 1.70. The first-order valence-electron chi connectivity index (χ1n) is 8.18. The number of amides is 1. The van der Waals surface area contributed by atoms with E-state index in [1.807, 2.05) is 55.5 Å². The molecule has 3 rings (SSSR count). The van der Waals surface area contributed by atoms with Crippen molar-refractivity contribution < 1.29 is 19.4 Å².